The van der Waals surface area contributed by atoms with E-state index in [-0.39, 0.29) is 0 Å². The molecule has 4 rings (SSSR count). The number of nitrogens with zero attached hydrogens (tertiary/aromatic N) is 3. The fourth-order valence-electron chi connectivity index (χ4n) is 2.01. The third-order valence-electron chi connectivity index (χ3n) is 3.02. The molecular formula is C17H15N3O. The van der Waals surface area contributed by atoms with E-state index in [1.54, 1.807) is 6.33 Å². The molecule has 4 heteroatoms. The van der Waals surface area contributed by atoms with Crippen LogP contribution in [0.5, 0.6) is 0 Å². The van der Waals surface area contributed by atoms with E-state index < -0.39 is 0 Å². The largest absolute Gasteiger partial charge is 0.476 e. The van der Waals surface area contributed by atoms with E-state index in [0.717, 1.165) is 35.5 Å². The summed E-state index contributed by atoms with van der Waals surface area (Å²) < 4.78 is 5.29. The maximum atomic E-state index is 5.29. The van der Waals surface area contributed by atoms with Gasteiger partial charge in [0.15, 0.2) is 0 Å². The average molecular weight is 277 g/mol. The van der Waals surface area contributed by atoms with E-state index in [0.29, 0.717) is 0 Å². The minimum atomic E-state index is 0.726. The average Bonchev–Trinajstić information content (AvgIpc) is 3.11. The van der Waals surface area contributed by atoms with Gasteiger partial charge in [0.1, 0.15) is 12.9 Å². The Kier molecular flexibility index (Phi) is 4.17. The summed E-state index contributed by atoms with van der Waals surface area (Å²) in [4.78, 5) is 12.2. The van der Waals surface area contributed by atoms with Crippen LogP contribution in [0.3, 0.4) is 0 Å². The number of aliphatic imine (C=N–C) groups is 1. The van der Waals surface area contributed by atoms with Crippen molar-refractivity contribution >= 4 is 16.8 Å². The summed E-state index contributed by atoms with van der Waals surface area (Å²) in [6.07, 6.45) is 3.37. The summed E-state index contributed by atoms with van der Waals surface area (Å²) in [6, 6.07) is 17.9. The van der Waals surface area contributed by atoms with Crippen LogP contribution in [0, 0.1) is 0 Å². The van der Waals surface area contributed by atoms with E-state index >= 15 is 0 Å². The second-order valence-corrected chi connectivity index (χ2v) is 4.48. The molecule has 0 amide bonds. The molecular weight excluding hydrogens is 262 g/mol. The van der Waals surface area contributed by atoms with Gasteiger partial charge in [-0.05, 0) is 18.2 Å². The molecule has 0 N–H and O–H groups in total. The van der Waals surface area contributed by atoms with Gasteiger partial charge >= 0.3 is 0 Å². The van der Waals surface area contributed by atoms with Crippen LogP contribution in [-0.4, -0.2) is 29.0 Å². The number of fused-ring (bicyclic) bond motifs is 1. The van der Waals surface area contributed by atoms with Crippen molar-refractivity contribution in [3.05, 3.63) is 72.7 Å². The minimum absolute atomic E-state index is 0.726. The molecule has 1 aliphatic rings. The highest BCUT2D eigenvalue weighted by molar-refractivity contribution is 5.94. The molecule has 0 radical (unpaired) electrons. The van der Waals surface area contributed by atoms with Gasteiger partial charge in [-0.3, -0.25) is 0 Å². The van der Waals surface area contributed by atoms with Gasteiger partial charge in [-0.25, -0.2) is 15.0 Å². The number of benzene rings is 2. The van der Waals surface area contributed by atoms with Crippen LogP contribution in [0.25, 0.3) is 10.9 Å². The molecule has 0 bridgehead atoms. The maximum absolute atomic E-state index is 5.29. The molecule has 1 aromatic heterocycles. The Hall–Kier alpha value is -2.75. The van der Waals surface area contributed by atoms with Crippen molar-refractivity contribution in [2.45, 2.75) is 0 Å². The second-order valence-electron chi connectivity index (χ2n) is 4.48. The lowest BCUT2D eigenvalue weighted by atomic mass is 10.2. The fourth-order valence-corrected chi connectivity index (χ4v) is 2.01. The van der Waals surface area contributed by atoms with Crippen LogP contribution >= 0.6 is 0 Å². The summed E-state index contributed by atoms with van der Waals surface area (Å²) in [5, 5.41) is 1.09. The van der Waals surface area contributed by atoms with Crippen LogP contribution in [0.15, 0.2) is 72.1 Å². The summed E-state index contributed by atoms with van der Waals surface area (Å²) >= 11 is 0. The molecule has 0 fully saturated rings. The topological polar surface area (TPSA) is 47.4 Å². The molecule has 3 aromatic rings. The van der Waals surface area contributed by atoms with E-state index in [4.69, 9.17) is 4.74 Å². The smallest absolute Gasteiger partial charge is 0.216 e. The first-order chi connectivity index (χ1) is 10.4. The van der Waals surface area contributed by atoms with Crippen molar-refractivity contribution < 1.29 is 4.74 Å². The molecule has 4 nitrogen and oxygen atoms in total. The van der Waals surface area contributed by atoms with Crippen LogP contribution in [-0.2, 0) is 4.74 Å². The SMILES string of the molecule is c1ccc(C2=NCCO2)cc1.c1ccc2ncncc2c1. The van der Waals surface area contributed by atoms with Gasteiger partial charge in [0, 0.05) is 17.1 Å². The Morgan fingerprint density at radius 1 is 0.905 bits per heavy atom. The zero-order chi connectivity index (χ0) is 14.3. The number of hydrogen-bond donors (Lipinski definition) is 0. The van der Waals surface area contributed by atoms with Crippen molar-refractivity contribution in [2.75, 3.05) is 13.2 Å². The Bertz CT molecular complexity index is 676. The van der Waals surface area contributed by atoms with Gasteiger partial charge in [-0.2, -0.15) is 0 Å². The molecule has 2 heterocycles. The molecule has 0 atom stereocenters. The van der Waals surface area contributed by atoms with Crippen molar-refractivity contribution in [2.24, 2.45) is 4.99 Å². The maximum Gasteiger partial charge on any atom is 0.216 e. The van der Waals surface area contributed by atoms with Crippen LogP contribution < -0.4 is 0 Å². The van der Waals surface area contributed by atoms with E-state index in [1.807, 2.05) is 60.8 Å². The highest BCUT2D eigenvalue weighted by atomic mass is 16.5. The van der Waals surface area contributed by atoms with Crippen molar-refractivity contribution in [1.29, 1.82) is 0 Å². The predicted molar refractivity (Wildman–Crippen MR) is 83.3 cm³/mol. The number of aromatic nitrogens is 2. The Balaban J connectivity index is 0.000000126. The lowest BCUT2D eigenvalue weighted by Gasteiger charge is -1.98. The molecule has 0 saturated carbocycles. The van der Waals surface area contributed by atoms with Gasteiger partial charge in [-0.1, -0.05) is 36.4 Å². The Morgan fingerprint density at radius 2 is 1.71 bits per heavy atom. The summed E-state index contributed by atoms with van der Waals surface area (Å²) in [7, 11) is 0. The van der Waals surface area contributed by atoms with Crippen LogP contribution in [0.4, 0.5) is 0 Å². The van der Waals surface area contributed by atoms with Gasteiger partial charge < -0.3 is 4.74 Å². The summed E-state index contributed by atoms with van der Waals surface area (Å²) in [5.74, 6) is 0.783. The monoisotopic (exact) mass is 277 g/mol. The summed E-state index contributed by atoms with van der Waals surface area (Å²) in [5.41, 5.74) is 2.07. The molecule has 0 unspecified atom stereocenters. The van der Waals surface area contributed by atoms with Gasteiger partial charge in [0.25, 0.3) is 0 Å². The second kappa shape index (κ2) is 6.61. The number of hydrogen-bond acceptors (Lipinski definition) is 4. The third-order valence-corrected chi connectivity index (χ3v) is 3.02. The quantitative estimate of drug-likeness (QED) is 0.686. The number of para-hydroxylation sites is 1. The van der Waals surface area contributed by atoms with Crippen LogP contribution in [0.1, 0.15) is 5.56 Å². The molecule has 2 aromatic carbocycles. The highest BCUT2D eigenvalue weighted by Gasteiger charge is 2.07. The van der Waals surface area contributed by atoms with Crippen molar-refractivity contribution in [3.8, 4) is 0 Å². The molecule has 104 valence electrons. The van der Waals surface area contributed by atoms with E-state index in [2.05, 4.69) is 15.0 Å². The standard InChI is InChI=1S/C9H9NO.C8H6N2/c1-2-4-8(5-3-1)9-10-6-7-11-9;1-2-4-8-7(3-1)5-9-6-10-8/h1-5H,6-7H2;1-6H. The Labute approximate surface area is 123 Å². The minimum Gasteiger partial charge on any atom is -0.476 e. The molecule has 21 heavy (non-hydrogen) atoms. The first kappa shape index (κ1) is 13.2. The predicted octanol–water partition coefficient (Wildman–Crippen LogP) is 3.09. The lowest BCUT2D eigenvalue weighted by Crippen LogP contribution is -1.99. The molecule has 1 aliphatic heterocycles. The van der Waals surface area contributed by atoms with Gasteiger partial charge in [0.05, 0.1) is 12.1 Å². The first-order valence-electron chi connectivity index (χ1n) is 6.81. The normalized spacial score (nSPS) is 13.0. The van der Waals surface area contributed by atoms with Crippen molar-refractivity contribution in [1.82, 2.24) is 9.97 Å². The van der Waals surface area contributed by atoms with Gasteiger partial charge in [-0.15, -0.1) is 0 Å². The molecule has 0 saturated heterocycles. The van der Waals surface area contributed by atoms with Gasteiger partial charge in [0.2, 0.25) is 5.90 Å². The summed E-state index contributed by atoms with van der Waals surface area (Å²) in [6.45, 7) is 1.52. The van der Waals surface area contributed by atoms with E-state index in [9.17, 15) is 0 Å². The Morgan fingerprint density at radius 3 is 2.48 bits per heavy atom. The van der Waals surface area contributed by atoms with Crippen molar-refractivity contribution in [3.63, 3.8) is 0 Å². The number of ether oxygens (including phenoxy) is 1. The van der Waals surface area contributed by atoms with E-state index in [1.165, 1.54) is 0 Å². The number of rotatable bonds is 1. The zero-order valence-electron chi connectivity index (χ0n) is 11.5. The first-order valence-corrected chi connectivity index (χ1v) is 6.81. The third kappa shape index (κ3) is 3.42. The lowest BCUT2D eigenvalue weighted by molar-refractivity contribution is 0.348. The fraction of sp³-hybridized carbons (Fsp3) is 0.118. The highest BCUT2D eigenvalue weighted by Crippen LogP contribution is 2.07. The molecule has 0 aliphatic carbocycles. The zero-order valence-corrected chi connectivity index (χ0v) is 11.5. The van der Waals surface area contributed by atoms with Crippen LogP contribution in [0.2, 0.25) is 0 Å². The molecule has 0 spiro atoms.